The molecule has 0 aliphatic carbocycles. The lowest BCUT2D eigenvalue weighted by molar-refractivity contribution is -0.0408. The van der Waals surface area contributed by atoms with Crippen molar-refractivity contribution in [3.05, 3.63) is 17.0 Å². The summed E-state index contributed by atoms with van der Waals surface area (Å²) in [4.78, 5) is 15.1. The van der Waals surface area contributed by atoms with E-state index < -0.39 is 0 Å². The number of H-pyrrole nitrogens is 1. The van der Waals surface area contributed by atoms with Gasteiger partial charge in [-0.15, -0.1) is 0 Å². The second-order valence-electron chi connectivity index (χ2n) is 7.78. The van der Waals surface area contributed by atoms with Crippen molar-refractivity contribution in [2.24, 2.45) is 0 Å². The Balaban J connectivity index is 1.76. The van der Waals surface area contributed by atoms with Gasteiger partial charge >= 0.3 is 6.03 Å². The van der Waals surface area contributed by atoms with Gasteiger partial charge in [-0.25, -0.2) is 4.79 Å². The lowest BCUT2D eigenvalue weighted by Crippen LogP contribution is -2.50. The molecule has 6 nitrogen and oxygen atoms in total. The Morgan fingerprint density at radius 3 is 2.56 bits per heavy atom. The number of aromatic nitrogens is 2. The molecule has 3 heterocycles. The fourth-order valence-corrected chi connectivity index (χ4v) is 4.48. The Morgan fingerprint density at radius 2 is 1.92 bits per heavy atom. The van der Waals surface area contributed by atoms with Gasteiger partial charge < -0.3 is 15.0 Å². The minimum Gasteiger partial charge on any atom is -0.375 e. The van der Waals surface area contributed by atoms with Crippen LogP contribution in [0.15, 0.2) is 0 Å². The van der Waals surface area contributed by atoms with E-state index in [1.807, 2.05) is 11.8 Å². The van der Waals surface area contributed by atoms with Crippen molar-refractivity contribution in [3.8, 4) is 0 Å². The van der Waals surface area contributed by atoms with Crippen molar-refractivity contribution < 1.29 is 9.53 Å². The highest BCUT2D eigenvalue weighted by molar-refractivity contribution is 5.75. The summed E-state index contributed by atoms with van der Waals surface area (Å²) in [5.74, 6) is 0. The van der Waals surface area contributed by atoms with Crippen LogP contribution in [0.25, 0.3) is 0 Å². The van der Waals surface area contributed by atoms with Crippen LogP contribution in [0.2, 0.25) is 0 Å². The summed E-state index contributed by atoms with van der Waals surface area (Å²) in [6, 6.07) is 0.385. The number of carbonyl (C=O) groups excluding carboxylic acids is 1. The highest BCUT2D eigenvalue weighted by Crippen LogP contribution is 2.33. The van der Waals surface area contributed by atoms with Gasteiger partial charge in [-0.2, -0.15) is 5.10 Å². The number of hydrogen-bond donors (Lipinski definition) is 2. The monoisotopic (exact) mass is 348 g/mol. The molecule has 1 aromatic rings. The zero-order valence-corrected chi connectivity index (χ0v) is 16.0. The van der Waals surface area contributed by atoms with E-state index in [9.17, 15) is 4.79 Å². The third-order valence-electron chi connectivity index (χ3n) is 5.56. The van der Waals surface area contributed by atoms with Crippen molar-refractivity contribution in [1.29, 1.82) is 0 Å². The number of urea groups is 1. The average Bonchev–Trinajstić information content (AvgIpc) is 2.74. The number of hydrogen-bond acceptors (Lipinski definition) is 3. The first-order chi connectivity index (χ1) is 12.0. The molecule has 140 valence electrons. The van der Waals surface area contributed by atoms with Gasteiger partial charge in [0.1, 0.15) is 0 Å². The molecule has 2 N–H and O–H groups in total. The van der Waals surface area contributed by atoms with Crippen molar-refractivity contribution in [2.45, 2.75) is 90.5 Å². The first-order valence-electron chi connectivity index (χ1n) is 9.69. The van der Waals surface area contributed by atoms with Crippen molar-refractivity contribution in [3.63, 3.8) is 0 Å². The predicted molar refractivity (Wildman–Crippen MR) is 97.5 cm³/mol. The lowest BCUT2D eigenvalue weighted by atomic mass is 9.98. The Labute approximate surface area is 150 Å². The number of carbonyl (C=O) groups is 1. The molecule has 2 fully saturated rings. The van der Waals surface area contributed by atoms with Crippen LogP contribution in [0.5, 0.6) is 0 Å². The zero-order valence-electron chi connectivity index (χ0n) is 16.0. The van der Waals surface area contributed by atoms with Crippen molar-refractivity contribution in [1.82, 2.24) is 20.4 Å². The second kappa shape index (κ2) is 7.77. The molecule has 2 aliphatic rings. The summed E-state index contributed by atoms with van der Waals surface area (Å²) in [5.41, 5.74) is 3.29. The van der Waals surface area contributed by atoms with Gasteiger partial charge in [0.15, 0.2) is 0 Å². The largest absolute Gasteiger partial charge is 0.375 e. The van der Waals surface area contributed by atoms with E-state index in [1.54, 1.807) is 0 Å². The van der Waals surface area contributed by atoms with Crippen LogP contribution in [0.3, 0.4) is 0 Å². The minimum absolute atomic E-state index is 0.0678. The van der Waals surface area contributed by atoms with Gasteiger partial charge in [0.25, 0.3) is 0 Å². The highest BCUT2D eigenvalue weighted by Gasteiger charge is 2.32. The third-order valence-corrected chi connectivity index (χ3v) is 5.56. The smallest absolute Gasteiger partial charge is 0.318 e. The molecule has 25 heavy (non-hydrogen) atoms. The van der Waals surface area contributed by atoms with E-state index in [0.717, 1.165) is 50.0 Å². The minimum atomic E-state index is 0.0678. The molecular weight excluding hydrogens is 316 g/mol. The molecule has 1 unspecified atom stereocenters. The molecule has 0 spiro atoms. The Hall–Kier alpha value is -1.56. The molecule has 0 bridgehead atoms. The standard InChI is InChI=1S/C19H32N4O2/c1-12-10-16(11-13(2)25-12)20-19(24)23-9-7-5-6-8-17(23)18-14(3)21-22-15(18)4/h12-13,16-17H,5-11H2,1-4H3,(H,20,24)(H,21,22)/t12-,13+,16?,17-/m0/s1. The van der Waals surface area contributed by atoms with E-state index in [-0.39, 0.29) is 30.3 Å². The summed E-state index contributed by atoms with van der Waals surface area (Å²) < 4.78 is 5.80. The van der Waals surface area contributed by atoms with Gasteiger partial charge in [0.2, 0.25) is 0 Å². The zero-order chi connectivity index (χ0) is 18.0. The third kappa shape index (κ3) is 4.17. The Bertz CT molecular complexity index is 571. The maximum Gasteiger partial charge on any atom is 0.318 e. The molecule has 3 rings (SSSR count). The van der Waals surface area contributed by atoms with Gasteiger partial charge in [-0.3, -0.25) is 5.10 Å². The van der Waals surface area contributed by atoms with E-state index in [2.05, 4.69) is 36.3 Å². The van der Waals surface area contributed by atoms with Crippen LogP contribution in [0.4, 0.5) is 4.79 Å². The molecule has 1 aromatic heterocycles. The van der Waals surface area contributed by atoms with Gasteiger partial charge in [0, 0.05) is 23.8 Å². The van der Waals surface area contributed by atoms with Crippen LogP contribution in [-0.2, 0) is 4.74 Å². The second-order valence-corrected chi connectivity index (χ2v) is 7.78. The van der Waals surface area contributed by atoms with Crippen molar-refractivity contribution >= 4 is 6.03 Å². The molecule has 2 amide bonds. The fraction of sp³-hybridized carbons (Fsp3) is 0.789. The molecule has 2 aliphatic heterocycles. The average molecular weight is 348 g/mol. The molecule has 2 saturated heterocycles. The van der Waals surface area contributed by atoms with Crippen LogP contribution in [0.1, 0.15) is 75.4 Å². The SMILES string of the molecule is Cc1n[nH]c(C)c1[C@@H]1CCCCCN1C(=O)NC1C[C@@H](C)O[C@@H](C)C1. The summed E-state index contributed by atoms with van der Waals surface area (Å²) in [6.07, 6.45) is 6.59. The van der Waals surface area contributed by atoms with Crippen LogP contribution >= 0.6 is 0 Å². The van der Waals surface area contributed by atoms with E-state index in [4.69, 9.17) is 4.74 Å². The first-order valence-corrected chi connectivity index (χ1v) is 9.69. The normalized spacial score (nSPS) is 30.8. The summed E-state index contributed by atoms with van der Waals surface area (Å²) >= 11 is 0. The molecule has 6 heteroatoms. The summed E-state index contributed by atoms with van der Waals surface area (Å²) in [7, 11) is 0. The first kappa shape index (κ1) is 18.2. The van der Waals surface area contributed by atoms with Gasteiger partial charge in [-0.05, 0) is 53.4 Å². The van der Waals surface area contributed by atoms with E-state index >= 15 is 0 Å². The molecular formula is C19H32N4O2. The van der Waals surface area contributed by atoms with Gasteiger partial charge in [-0.1, -0.05) is 12.8 Å². The quantitative estimate of drug-likeness (QED) is 0.858. The number of nitrogens with one attached hydrogen (secondary N) is 2. The van der Waals surface area contributed by atoms with E-state index in [1.165, 1.54) is 12.0 Å². The van der Waals surface area contributed by atoms with Crippen LogP contribution in [-0.4, -0.2) is 45.9 Å². The number of amides is 2. The lowest BCUT2D eigenvalue weighted by Gasteiger charge is -2.36. The summed E-state index contributed by atoms with van der Waals surface area (Å²) in [5, 5.41) is 10.7. The van der Waals surface area contributed by atoms with Crippen LogP contribution < -0.4 is 5.32 Å². The van der Waals surface area contributed by atoms with E-state index in [0.29, 0.717) is 0 Å². The number of ether oxygens (including phenoxy) is 1. The van der Waals surface area contributed by atoms with Gasteiger partial charge in [0.05, 0.1) is 23.9 Å². The number of rotatable bonds is 2. The summed E-state index contributed by atoms with van der Waals surface area (Å²) in [6.45, 7) is 9.07. The molecule has 0 saturated carbocycles. The maximum atomic E-state index is 13.1. The number of nitrogens with zero attached hydrogens (tertiary/aromatic N) is 2. The predicted octanol–water partition coefficient (Wildman–Crippen LogP) is 3.61. The number of aromatic amines is 1. The fourth-order valence-electron chi connectivity index (χ4n) is 4.48. The Kier molecular flexibility index (Phi) is 5.67. The number of aryl methyl sites for hydroxylation is 2. The molecule has 0 aromatic carbocycles. The van der Waals surface area contributed by atoms with Crippen molar-refractivity contribution in [2.75, 3.05) is 6.54 Å². The molecule has 0 radical (unpaired) electrons. The Morgan fingerprint density at radius 1 is 1.20 bits per heavy atom. The topological polar surface area (TPSA) is 70.2 Å². The van der Waals surface area contributed by atoms with Crippen LogP contribution in [0, 0.1) is 13.8 Å². The highest BCUT2D eigenvalue weighted by atomic mass is 16.5. The number of likely N-dealkylation sites (tertiary alicyclic amines) is 1. The maximum absolute atomic E-state index is 13.1. The molecule has 4 atom stereocenters.